The third-order valence-electron chi connectivity index (χ3n) is 2.28. The van der Waals surface area contributed by atoms with Crippen molar-refractivity contribution in [3.63, 3.8) is 0 Å². The Hall–Kier alpha value is -2.10. The fourth-order valence-electron chi connectivity index (χ4n) is 1.49. The first kappa shape index (κ1) is 10.4. The molecule has 0 aliphatic carbocycles. The van der Waals surface area contributed by atoms with Crippen LogP contribution in [0.5, 0.6) is 5.88 Å². The number of benzene rings is 1. The van der Waals surface area contributed by atoms with E-state index in [1.165, 1.54) is 0 Å². The van der Waals surface area contributed by atoms with E-state index in [0.717, 1.165) is 16.9 Å². The Morgan fingerprint density at radius 3 is 2.75 bits per heavy atom. The van der Waals surface area contributed by atoms with Gasteiger partial charge in [-0.25, -0.2) is 9.97 Å². The van der Waals surface area contributed by atoms with Crippen LogP contribution in [0, 0.1) is 0 Å². The highest BCUT2D eigenvalue weighted by molar-refractivity contribution is 5.68. The highest BCUT2D eigenvalue weighted by atomic mass is 16.5. The highest BCUT2D eigenvalue weighted by Gasteiger charge is 2.07. The molecular formula is C12H13N3O. The predicted molar refractivity (Wildman–Crippen MR) is 63.6 cm³/mol. The maximum absolute atomic E-state index is 5.18. The van der Waals surface area contributed by atoms with Crippen LogP contribution < -0.4 is 10.1 Å². The zero-order chi connectivity index (χ0) is 11.4. The first-order valence-corrected chi connectivity index (χ1v) is 4.98. The molecule has 0 bridgehead atoms. The number of hydrogen-bond acceptors (Lipinski definition) is 4. The molecule has 0 saturated carbocycles. The van der Waals surface area contributed by atoms with Crippen LogP contribution in [0.3, 0.4) is 0 Å². The Kier molecular flexibility index (Phi) is 3.00. The molecule has 0 radical (unpaired) electrons. The van der Waals surface area contributed by atoms with Crippen LogP contribution in [0.1, 0.15) is 0 Å². The molecule has 0 saturated heterocycles. The number of rotatable bonds is 3. The van der Waals surface area contributed by atoms with Crippen LogP contribution in [0.15, 0.2) is 36.7 Å². The molecule has 0 amide bonds. The van der Waals surface area contributed by atoms with Crippen molar-refractivity contribution in [1.29, 1.82) is 0 Å². The number of ether oxygens (including phenoxy) is 1. The lowest BCUT2D eigenvalue weighted by molar-refractivity contribution is 0.398. The quantitative estimate of drug-likeness (QED) is 0.852. The van der Waals surface area contributed by atoms with Gasteiger partial charge in [-0.2, -0.15) is 0 Å². The van der Waals surface area contributed by atoms with Crippen molar-refractivity contribution in [3.8, 4) is 17.1 Å². The fraction of sp³-hybridized carbons (Fsp3) is 0.167. The van der Waals surface area contributed by atoms with Gasteiger partial charge in [0.25, 0.3) is 0 Å². The summed E-state index contributed by atoms with van der Waals surface area (Å²) < 4.78 is 5.18. The Morgan fingerprint density at radius 1 is 1.19 bits per heavy atom. The van der Waals surface area contributed by atoms with Gasteiger partial charge in [0.2, 0.25) is 5.88 Å². The lowest BCUT2D eigenvalue weighted by atomic mass is 10.1. The Balaban J connectivity index is 2.49. The zero-order valence-electron chi connectivity index (χ0n) is 9.27. The van der Waals surface area contributed by atoms with E-state index in [4.69, 9.17) is 4.74 Å². The van der Waals surface area contributed by atoms with Crippen molar-refractivity contribution < 1.29 is 4.74 Å². The monoisotopic (exact) mass is 215 g/mol. The molecule has 0 fully saturated rings. The molecule has 16 heavy (non-hydrogen) atoms. The van der Waals surface area contributed by atoms with E-state index in [-0.39, 0.29) is 0 Å². The maximum atomic E-state index is 5.18. The molecule has 1 heterocycles. The van der Waals surface area contributed by atoms with Crippen molar-refractivity contribution in [2.75, 3.05) is 19.5 Å². The van der Waals surface area contributed by atoms with Crippen LogP contribution in [-0.2, 0) is 0 Å². The third-order valence-corrected chi connectivity index (χ3v) is 2.28. The number of aromatic nitrogens is 2. The van der Waals surface area contributed by atoms with Crippen LogP contribution >= 0.6 is 0 Å². The fourth-order valence-corrected chi connectivity index (χ4v) is 1.49. The standard InChI is InChI=1S/C12H13N3O/c1-13-10-5-3-4-9(8-10)11-12(16-2)15-7-6-14-11/h3-8,13H,1-2H3. The summed E-state index contributed by atoms with van der Waals surface area (Å²) in [6.45, 7) is 0. The molecule has 0 aliphatic rings. The molecule has 0 aliphatic heterocycles. The molecule has 1 aromatic carbocycles. The summed E-state index contributed by atoms with van der Waals surface area (Å²) in [6.07, 6.45) is 3.27. The molecule has 2 rings (SSSR count). The molecule has 4 nitrogen and oxygen atoms in total. The van der Waals surface area contributed by atoms with Gasteiger partial charge in [-0.05, 0) is 12.1 Å². The minimum atomic E-state index is 0.538. The Morgan fingerprint density at radius 2 is 2.00 bits per heavy atom. The average molecular weight is 215 g/mol. The summed E-state index contributed by atoms with van der Waals surface area (Å²) in [5.74, 6) is 0.538. The van der Waals surface area contributed by atoms with Gasteiger partial charge in [0.1, 0.15) is 5.69 Å². The van der Waals surface area contributed by atoms with Crippen molar-refractivity contribution in [3.05, 3.63) is 36.7 Å². The minimum Gasteiger partial charge on any atom is -0.479 e. The maximum Gasteiger partial charge on any atom is 0.240 e. The van der Waals surface area contributed by atoms with Gasteiger partial charge >= 0.3 is 0 Å². The average Bonchev–Trinajstić information content (AvgIpc) is 2.38. The number of nitrogens with one attached hydrogen (secondary N) is 1. The summed E-state index contributed by atoms with van der Waals surface area (Å²) in [4.78, 5) is 8.40. The Labute approximate surface area is 94.3 Å². The second-order valence-corrected chi connectivity index (χ2v) is 3.25. The topological polar surface area (TPSA) is 47.0 Å². The SMILES string of the molecule is CNc1cccc(-c2nccnc2OC)c1. The van der Waals surface area contributed by atoms with Gasteiger partial charge in [0.05, 0.1) is 7.11 Å². The molecule has 1 N–H and O–H groups in total. The second kappa shape index (κ2) is 4.61. The number of anilines is 1. The minimum absolute atomic E-state index is 0.538. The third kappa shape index (κ3) is 1.95. The lowest BCUT2D eigenvalue weighted by Gasteiger charge is -2.07. The van der Waals surface area contributed by atoms with Crippen LogP contribution in [-0.4, -0.2) is 24.1 Å². The van der Waals surface area contributed by atoms with Gasteiger partial charge in [-0.3, -0.25) is 0 Å². The summed E-state index contributed by atoms with van der Waals surface area (Å²) in [5.41, 5.74) is 2.77. The van der Waals surface area contributed by atoms with Crippen LogP contribution in [0.2, 0.25) is 0 Å². The van der Waals surface area contributed by atoms with Crippen LogP contribution in [0.25, 0.3) is 11.3 Å². The van der Waals surface area contributed by atoms with Gasteiger partial charge in [0.15, 0.2) is 0 Å². The molecule has 0 atom stereocenters. The second-order valence-electron chi connectivity index (χ2n) is 3.25. The lowest BCUT2D eigenvalue weighted by Crippen LogP contribution is -1.94. The van der Waals surface area contributed by atoms with Gasteiger partial charge in [-0.1, -0.05) is 12.1 Å². The molecule has 0 spiro atoms. The van der Waals surface area contributed by atoms with Crippen LogP contribution in [0.4, 0.5) is 5.69 Å². The van der Waals surface area contributed by atoms with Crippen molar-refractivity contribution in [2.45, 2.75) is 0 Å². The number of methoxy groups -OCH3 is 1. The first-order valence-electron chi connectivity index (χ1n) is 4.98. The van der Waals surface area contributed by atoms with E-state index in [2.05, 4.69) is 15.3 Å². The van der Waals surface area contributed by atoms with E-state index in [1.807, 2.05) is 31.3 Å². The molecule has 4 heteroatoms. The highest BCUT2D eigenvalue weighted by Crippen LogP contribution is 2.26. The first-order chi connectivity index (χ1) is 7.85. The summed E-state index contributed by atoms with van der Waals surface area (Å²) in [5, 5.41) is 3.09. The summed E-state index contributed by atoms with van der Waals surface area (Å²) >= 11 is 0. The molecule has 2 aromatic rings. The summed E-state index contributed by atoms with van der Waals surface area (Å²) in [6, 6.07) is 7.95. The van der Waals surface area contributed by atoms with Crippen molar-refractivity contribution in [1.82, 2.24) is 9.97 Å². The molecular weight excluding hydrogens is 202 g/mol. The van der Waals surface area contributed by atoms with Gasteiger partial charge < -0.3 is 10.1 Å². The van der Waals surface area contributed by atoms with E-state index < -0.39 is 0 Å². The van der Waals surface area contributed by atoms with Gasteiger partial charge in [-0.15, -0.1) is 0 Å². The molecule has 82 valence electrons. The zero-order valence-corrected chi connectivity index (χ0v) is 9.27. The van der Waals surface area contributed by atoms with E-state index in [1.54, 1.807) is 19.5 Å². The summed E-state index contributed by atoms with van der Waals surface area (Å²) in [7, 11) is 3.47. The van der Waals surface area contributed by atoms with E-state index in [9.17, 15) is 0 Å². The van der Waals surface area contributed by atoms with Crippen molar-refractivity contribution in [2.24, 2.45) is 0 Å². The van der Waals surface area contributed by atoms with E-state index in [0.29, 0.717) is 5.88 Å². The number of nitrogens with zero attached hydrogens (tertiary/aromatic N) is 2. The Bertz CT molecular complexity index is 485. The molecule has 1 aromatic heterocycles. The molecule has 0 unspecified atom stereocenters. The largest absolute Gasteiger partial charge is 0.479 e. The predicted octanol–water partition coefficient (Wildman–Crippen LogP) is 2.19. The normalized spacial score (nSPS) is 9.88. The smallest absolute Gasteiger partial charge is 0.240 e. The van der Waals surface area contributed by atoms with Gasteiger partial charge in [0, 0.05) is 30.7 Å². The van der Waals surface area contributed by atoms with Crippen molar-refractivity contribution >= 4 is 5.69 Å². The van der Waals surface area contributed by atoms with E-state index >= 15 is 0 Å². The number of hydrogen-bond donors (Lipinski definition) is 1.